The van der Waals surface area contributed by atoms with E-state index in [1.54, 1.807) is 12.1 Å². The fourth-order valence-electron chi connectivity index (χ4n) is 2.64. The van der Waals surface area contributed by atoms with Crippen LogP contribution < -0.4 is 5.73 Å². The van der Waals surface area contributed by atoms with Gasteiger partial charge in [-0.15, -0.1) is 0 Å². The van der Waals surface area contributed by atoms with E-state index in [1.165, 1.54) is 19.3 Å². The molecule has 0 aromatic heterocycles. The lowest BCUT2D eigenvalue weighted by atomic mass is 10.0. The average molecular weight is 236 g/mol. The molecule has 0 saturated heterocycles. The van der Waals surface area contributed by atoms with Crippen molar-refractivity contribution in [2.24, 2.45) is 5.73 Å². The maximum absolute atomic E-state index is 13.7. The van der Waals surface area contributed by atoms with Gasteiger partial charge < -0.3 is 5.73 Å². The Bertz CT molecular complexity index is 378. The van der Waals surface area contributed by atoms with Crippen molar-refractivity contribution in [1.82, 2.24) is 4.90 Å². The molecule has 0 spiro atoms. The van der Waals surface area contributed by atoms with Crippen LogP contribution in [-0.2, 0) is 6.54 Å². The maximum atomic E-state index is 13.7. The zero-order chi connectivity index (χ0) is 12.3. The van der Waals surface area contributed by atoms with E-state index >= 15 is 0 Å². The van der Waals surface area contributed by atoms with E-state index in [0.29, 0.717) is 13.1 Å². The summed E-state index contributed by atoms with van der Waals surface area (Å²) in [5, 5.41) is 0. The number of hydrogen-bond donors (Lipinski definition) is 1. The molecule has 2 nitrogen and oxygen atoms in total. The molecule has 17 heavy (non-hydrogen) atoms. The third-order valence-electron chi connectivity index (χ3n) is 3.59. The third kappa shape index (κ3) is 2.50. The van der Waals surface area contributed by atoms with Crippen LogP contribution in [0.1, 0.15) is 43.4 Å². The van der Waals surface area contributed by atoms with Crippen LogP contribution in [0.5, 0.6) is 0 Å². The first-order valence-electron chi connectivity index (χ1n) is 6.49. The molecule has 1 aliphatic rings. The Kier molecular flexibility index (Phi) is 4.13. The molecule has 1 aromatic carbocycles. The number of halogens is 1. The zero-order valence-electron chi connectivity index (χ0n) is 10.5. The summed E-state index contributed by atoms with van der Waals surface area (Å²) >= 11 is 0. The van der Waals surface area contributed by atoms with Crippen LogP contribution in [0.4, 0.5) is 4.39 Å². The number of hydrogen-bond acceptors (Lipinski definition) is 2. The molecular weight excluding hydrogens is 215 g/mol. The van der Waals surface area contributed by atoms with Gasteiger partial charge in [-0.05, 0) is 24.6 Å². The minimum Gasteiger partial charge on any atom is -0.329 e. The van der Waals surface area contributed by atoms with Crippen molar-refractivity contribution >= 4 is 0 Å². The highest BCUT2D eigenvalue weighted by molar-refractivity contribution is 5.35. The molecule has 0 fully saturated rings. The smallest absolute Gasteiger partial charge is 0.128 e. The van der Waals surface area contributed by atoms with Crippen LogP contribution in [0.3, 0.4) is 0 Å². The quantitative estimate of drug-likeness (QED) is 0.797. The van der Waals surface area contributed by atoms with E-state index in [9.17, 15) is 4.39 Å². The van der Waals surface area contributed by atoms with Crippen molar-refractivity contribution in [3.8, 4) is 0 Å². The van der Waals surface area contributed by atoms with Crippen LogP contribution in [0, 0.1) is 5.82 Å². The molecular formula is C14H21FN2. The maximum Gasteiger partial charge on any atom is 0.128 e. The second-order valence-corrected chi connectivity index (χ2v) is 4.74. The predicted octanol–water partition coefficient (Wildman–Crippen LogP) is 2.83. The van der Waals surface area contributed by atoms with Gasteiger partial charge in [0.25, 0.3) is 0 Å². The molecule has 0 aliphatic carbocycles. The van der Waals surface area contributed by atoms with E-state index in [2.05, 4.69) is 11.8 Å². The van der Waals surface area contributed by atoms with Gasteiger partial charge in [-0.25, -0.2) is 4.39 Å². The lowest BCUT2D eigenvalue weighted by molar-refractivity contribution is 0.214. The molecule has 2 N–H and O–H groups in total. The third-order valence-corrected chi connectivity index (χ3v) is 3.59. The highest BCUT2D eigenvalue weighted by Gasteiger charge is 2.30. The van der Waals surface area contributed by atoms with Crippen molar-refractivity contribution in [3.63, 3.8) is 0 Å². The fourth-order valence-corrected chi connectivity index (χ4v) is 2.64. The van der Waals surface area contributed by atoms with Crippen molar-refractivity contribution in [1.29, 1.82) is 0 Å². The van der Waals surface area contributed by atoms with E-state index in [-0.39, 0.29) is 11.9 Å². The minimum absolute atomic E-state index is 0.0843. The Morgan fingerprint density at radius 2 is 2.24 bits per heavy atom. The van der Waals surface area contributed by atoms with Crippen molar-refractivity contribution in [2.75, 3.05) is 13.1 Å². The molecule has 0 amide bonds. The van der Waals surface area contributed by atoms with E-state index in [4.69, 9.17) is 5.73 Å². The van der Waals surface area contributed by atoms with Gasteiger partial charge in [-0.1, -0.05) is 31.9 Å². The highest BCUT2D eigenvalue weighted by Crippen LogP contribution is 2.34. The second-order valence-electron chi connectivity index (χ2n) is 4.74. The number of nitrogens with zero attached hydrogens (tertiary/aromatic N) is 1. The molecule has 0 bridgehead atoms. The lowest BCUT2D eigenvalue weighted by Gasteiger charge is -2.23. The summed E-state index contributed by atoms with van der Waals surface area (Å²) in [5.41, 5.74) is 7.76. The number of fused-ring (bicyclic) bond motifs is 1. The first kappa shape index (κ1) is 12.5. The molecule has 1 unspecified atom stereocenters. The second kappa shape index (κ2) is 5.61. The van der Waals surface area contributed by atoms with Crippen LogP contribution in [0.25, 0.3) is 0 Å². The van der Waals surface area contributed by atoms with E-state index < -0.39 is 0 Å². The standard InChI is InChI=1S/C14H21FN2/c1-2-3-4-8-17-10-12-11(14(17)9-16)6-5-7-13(12)15/h5-7,14H,2-4,8-10,16H2,1H3. The first-order valence-corrected chi connectivity index (χ1v) is 6.49. The molecule has 94 valence electrons. The van der Waals surface area contributed by atoms with Gasteiger partial charge in [-0.2, -0.15) is 0 Å². The monoisotopic (exact) mass is 236 g/mol. The van der Waals surface area contributed by atoms with Crippen LogP contribution in [0.2, 0.25) is 0 Å². The number of nitrogens with two attached hydrogens (primary N) is 1. The number of rotatable bonds is 5. The topological polar surface area (TPSA) is 29.3 Å². The van der Waals surface area contributed by atoms with Gasteiger partial charge in [0.05, 0.1) is 0 Å². The fraction of sp³-hybridized carbons (Fsp3) is 0.571. The summed E-state index contributed by atoms with van der Waals surface area (Å²) in [6, 6.07) is 5.54. The van der Waals surface area contributed by atoms with E-state index in [0.717, 1.165) is 17.7 Å². The molecule has 0 radical (unpaired) electrons. The average Bonchev–Trinajstić information content (AvgIpc) is 2.69. The normalized spacial score (nSPS) is 19.6. The van der Waals surface area contributed by atoms with Gasteiger partial charge in [0.15, 0.2) is 0 Å². The number of benzene rings is 1. The van der Waals surface area contributed by atoms with E-state index in [1.807, 2.05) is 6.07 Å². The summed E-state index contributed by atoms with van der Waals surface area (Å²) in [5.74, 6) is -0.0843. The summed E-state index contributed by atoms with van der Waals surface area (Å²) in [6.45, 7) is 4.50. The van der Waals surface area contributed by atoms with Crippen molar-refractivity contribution < 1.29 is 4.39 Å². The minimum atomic E-state index is -0.0843. The Labute approximate surface area is 103 Å². The Hall–Kier alpha value is -0.930. The summed E-state index contributed by atoms with van der Waals surface area (Å²) in [6.07, 6.45) is 3.61. The highest BCUT2D eigenvalue weighted by atomic mass is 19.1. The molecule has 3 heteroatoms. The number of unbranched alkanes of at least 4 members (excludes halogenated alkanes) is 2. The van der Waals surface area contributed by atoms with Crippen molar-refractivity contribution in [2.45, 2.75) is 38.8 Å². The van der Waals surface area contributed by atoms with Crippen LogP contribution in [0.15, 0.2) is 18.2 Å². The van der Waals surface area contributed by atoms with Gasteiger partial charge >= 0.3 is 0 Å². The SMILES string of the molecule is CCCCCN1Cc2c(F)cccc2C1CN. The molecule has 0 saturated carbocycles. The predicted molar refractivity (Wildman–Crippen MR) is 68.1 cm³/mol. The molecule has 1 atom stereocenters. The zero-order valence-corrected chi connectivity index (χ0v) is 10.5. The Balaban J connectivity index is 2.11. The summed E-state index contributed by atoms with van der Waals surface area (Å²) in [4.78, 5) is 2.31. The van der Waals surface area contributed by atoms with Crippen molar-refractivity contribution in [3.05, 3.63) is 35.1 Å². The Morgan fingerprint density at radius 3 is 2.94 bits per heavy atom. The Morgan fingerprint density at radius 1 is 1.41 bits per heavy atom. The van der Waals surface area contributed by atoms with Gasteiger partial charge in [0.1, 0.15) is 5.82 Å². The first-order chi connectivity index (χ1) is 8.27. The molecule has 1 aromatic rings. The largest absolute Gasteiger partial charge is 0.329 e. The van der Waals surface area contributed by atoms with Gasteiger partial charge in [0.2, 0.25) is 0 Å². The van der Waals surface area contributed by atoms with Crippen LogP contribution in [-0.4, -0.2) is 18.0 Å². The molecule has 1 aliphatic heterocycles. The molecule has 2 rings (SSSR count). The summed E-state index contributed by atoms with van der Waals surface area (Å²) in [7, 11) is 0. The van der Waals surface area contributed by atoms with Crippen LogP contribution >= 0.6 is 0 Å². The lowest BCUT2D eigenvalue weighted by Crippen LogP contribution is -2.28. The summed E-state index contributed by atoms with van der Waals surface area (Å²) < 4.78 is 13.7. The van der Waals surface area contributed by atoms with Gasteiger partial charge in [0, 0.05) is 24.7 Å². The molecule has 1 heterocycles. The van der Waals surface area contributed by atoms with Gasteiger partial charge in [-0.3, -0.25) is 4.90 Å².